The van der Waals surface area contributed by atoms with Crippen LogP contribution in [0.5, 0.6) is 0 Å². The molecule has 2 aromatic rings. The first kappa shape index (κ1) is 21.4. The second kappa shape index (κ2) is 9.84. The van der Waals surface area contributed by atoms with Crippen LogP contribution in [-0.4, -0.2) is 41.8 Å². The van der Waals surface area contributed by atoms with Gasteiger partial charge in [0.15, 0.2) is 0 Å². The lowest BCUT2D eigenvalue weighted by molar-refractivity contribution is -0.384. The third-order valence-corrected chi connectivity index (χ3v) is 4.52. The Balaban J connectivity index is 1.82. The molecule has 0 spiro atoms. The fourth-order valence-corrected chi connectivity index (χ4v) is 3.01. The third kappa shape index (κ3) is 6.05. The van der Waals surface area contributed by atoms with Crippen molar-refractivity contribution < 1.29 is 14.5 Å². The first-order valence-corrected chi connectivity index (χ1v) is 9.34. The minimum absolute atomic E-state index is 0.0486. The van der Waals surface area contributed by atoms with E-state index in [-0.39, 0.29) is 37.0 Å². The Morgan fingerprint density at radius 1 is 1.18 bits per heavy atom. The van der Waals surface area contributed by atoms with Gasteiger partial charge in [-0.25, -0.2) is 0 Å². The molecular weight excluding hydrogens is 428 g/mol. The van der Waals surface area contributed by atoms with Gasteiger partial charge in [-0.2, -0.15) is 0 Å². The number of nitrogens with one attached hydrogen (secondary N) is 2. The quantitative estimate of drug-likeness (QED) is 0.474. The zero-order chi connectivity index (χ0) is 20.7. The predicted molar refractivity (Wildman–Crippen MR) is 111 cm³/mol. The van der Waals surface area contributed by atoms with Gasteiger partial charge in [-0.1, -0.05) is 28.1 Å². The van der Waals surface area contributed by atoms with Crippen LogP contribution in [0, 0.1) is 17.0 Å². The molecule has 8 nitrogen and oxygen atoms in total. The van der Waals surface area contributed by atoms with Crippen molar-refractivity contribution in [2.75, 3.05) is 30.8 Å². The number of hydrogen-bond acceptors (Lipinski definition) is 5. The maximum Gasteiger partial charge on any atom is 0.292 e. The van der Waals surface area contributed by atoms with Gasteiger partial charge in [0.25, 0.3) is 5.69 Å². The number of carbonyl (C=O) groups is 2. The summed E-state index contributed by atoms with van der Waals surface area (Å²) in [6.07, 6.45) is 0.104. The molecule has 0 atom stereocenters. The molecule has 28 heavy (non-hydrogen) atoms. The summed E-state index contributed by atoms with van der Waals surface area (Å²) < 4.78 is 0.918. The number of nitrogens with zero attached hydrogens (tertiary/aromatic N) is 2. The number of benzene rings is 2. The van der Waals surface area contributed by atoms with Crippen molar-refractivity contribution in [3.05, 3.63) is 62.6 Å². The number of nitro benzene ring substituents is 1. The number of amides is 2. The Labute approximate surface area is 171 Å². The number of likely N-dealkylation sites (N-methyl/N-ethyl adjacent to an activating group) is 1. The number of nitro groups is 1. The highest BCUT2D eigenvalue weighted by atomic mass is 79.9. The van der Waals surface area contributed by atoms with Gasteiger partial charge in [0.2, 0.25) is 11.8 Å². The van der Waals surface area contributed by atoms with E-state index in [2.05, 4.69) is 26.6 Å². The Bertz CT molecular complexity index is 888. The lowest BCUT2D eigenvalue weighted by Gasteiger charge is -2.18. The van der Waals surface area contributed by atoms with Crippen molar-refractivity contribution >= 4 is 44.8 Å². The highest BCUT2D eigenvalue weighted by Gasteiger charge is 2.15. The summed E-state index contributed by atoms with van der Waals surface area (Å²) in [6.45, 7) is 2.02. The molecule has 0 heterocycles. The number of aryl methyl sites for hydroxylation is 1. The van der Waals surface area contributed by atoms with E-state index in [0.29, 0.717) is 11.4 Å². The second-order valence-electron chi connectivity index (χ2n) is 6.21. The highest BCUT2D eigenvalue weighted by molar-refractivity contribution is 9.10. The van der Waals surface area contributed by atoms with Crippen LogP contribution in [0.25, 0.3) is 0 Å². The predicted octanol–water partition coefficient (Wildman–Crippen LogP) is 3.56. The lowest BCUT2D eigenvalue weighted by Crippen LogP contribution is -2.35. The van der Waals surface area contributed by atoms with E-state index in [1.54, 1.807) is 31.3 Å². The van der Waals surface area contributed by atoms with Gasteiger partial charge in [-0.15, -0.1) is 0 Å². The van der Waals surface area contributed by atoms with Crippen LogP contribution >= 0.6 is 15.9 Å². The van der Waals surface area contributed by atoms with Gasteiger partial charge in [0, 0.05) is 36.2 Å². The van der Waals surface area contributed by atoms with E-state index in [9.17, 15) is 19.7 Å². The van der Waals surface area contributed by atoms with Gasteiger partial charge >= 0.3 is 0 Å². The van der Waals surface area contributed by atoms with Crippen molar-refractivity contribution in [1.82, 2.24) is 4.90 Å². The van der Waals surface area contributed by atoms with E-state index >= 15 is 0 Å². The summed E-state index contributed by atoms with van der Waals surface area (Å²) in [5, 5.41) is 16.7. The van der Waals surface area contributed by atoms with Gasteiger partial charge in [0.1, 0.15) is 5.69 Å². The Hall–Kier alpha value is -2.94. The van der Waals surface area contributed by atoms with Crippen LogP contribution in [0.1, 0.15) is 12.0 Å². The number of halogens is 1. The van der Waals surface area contributed by atoms with E-state index in [0.717, 1.165) is 10.0 Å². The summed E-state index contributed by atoms with van der Waals surface area (Å²) in [5.74, 6) is -0.540. The fourth-order valence-electron chi connectivity index (χ4n) is 2.54. The molecule has 0 fully saturated rings. The zero-order valence-corrected chi connectivity index (χ0v) is 17.2. The standard InChI is InChI=1S/C19H21BrN4O4/c1-13-11-14(20)7-8-15(13)22-18(25)12-23(2)19(26)9-10-21-16-5-3-4-6-17(16)24(27)28/h3-8,11,21H,9-10,12H2,1-2H3,(H,22,25). The monoisotopic (exact) mass is 448 g/mol. The SMILES string of the molecule is Cc1cc(Br)ccc1NC(=O)CN(C)C(=O)CCNc1ccccc1[N+](=O)[O-]. The van der Waals surface area contributed by atoms with E-state index in [1.165, 1.54) is 11.0 Å². The first-order valence-electron chi connectivity index (χ1n) is 8.55. The molecule has 2 aromatic carbocycles. The summed E-state index contributed by atoms with van der Waals surface area (Å²) in [5.41, 5.74) is 1.90. The molecular formula is C19H21BrN4O4. The molecule has 2 rings (SSSR count). The Morgan fingerprint density at radius 2 is 1.89 bits per heavy atom. The molecule has 0 aliphatic rings. The summed E-state index contributed by atoms with van der Waals surface area (Å²) in [7, 11) is 1.54. The average molecular weight is 449 g/mol. The summed E-state index contributed by atoms with van der Waals surface area (Å²) >= 11 is 3.37. The highest BCUT2D eigenvalue weighted by Crippen LogP contribution is 2.23. The van der Waals surface area contributed by atoms with Crippen LogP contribution in [-0.2, 0) is 9.59 Å². The Kier molecular flexibility index (Phi) is 7.51. The van der Waals surface area contributed by atoms with Crippen LogP contribution < -0.4 is 10.6 Å². The number of carbonyl (C=O) groups excluding carboxylic acids is 2. The summed E-state index contributed by atoms with van der Waals surface area (Å²) in [4.78, 5) is 36.2. The van der Waals surface area contributed by atoms with Crippen molar-refractivity contribution in [3.8, 4) is 0 Å². The average Bonchev–Trinajstić information content (AvgIpc) is 2.64. The molecule has 0 aliphatic heterocycles. The molecule has 2 amide bonds. The largest absolute Gasteiger partial charge is 0.379 e. The minimum atomic E-state index is -0.481. The molecule has 9 heteroatoms. The van der Waals surface area contributed by atoms with E-state index in [1.807, 2.05) is 19.1 Å². The molecule has 0 radical (unpaired) electrons. The number of anilines is 2. The van der Waals surface area contributed by atoms with Crippen molar-refractivity contribution in [2.24, 2.45) is 0 Å². The van der Waals surface area contributed by atoms with Crippen LogP contribution in [0.2, 0.25) is 0 Å². The zero-order valence-electron chi connectivity index (χ0n) is 15.6. The van der Waals surface area contributed by atoms with Crippen LogP contribution in [0.3, 0.4) is 0 Å². The van der Waals surface area contributed by atoms with Crippen molar-refractivity contribution in [1.29, 1.82) is 0 Å². The van der Waals surface area contributed by atoms with Crippen LogP contribution in [0.15, 0.2) is 46.9 Å². The van der Waals surface area contributed by atoms with Gasteiger partial charge in [-0.3, -0.25) is 19.7 Å². The minimum Gasteiger partial charge on any atom is -0.379 e. The molecule has 148 valence electrons. The van der Waals surface area contributed by atoms with Gasteiger partial charge in [0.05, 0.1) is 11.5 Å². The normalized spacial score (nSPS) is 10.2. The smallest absolute Gasteiger partial charge is 0.292 e. The molecule has 0 bridgehead atoms. The van der Waals surface area contributed by atoms with E-state index in [4.69, 9.17) is 0 Å². The topological polar surface area (TPSA) is 105 Å². The van der Waals surface area contributed by atoms with Gasteiger partial charge in [-0.05, 0) is 36.8 Å². The van der Waals surface area contributed by atoms with Crippen molar-refractivity contribution in [3.63, 3.8) is 0 Å². The lowest BCUT2D eigenvalue weighted by atomic mass is 10.2. The molecule has 0 saturated carbocycles. The molecule has 0 aliphatic carbocycles. The van der Waals surface area contributed by atoms with Crippen LogP contribution in [0.4, 0.5) is 17.1 Å². The summed E-state index contributed by atoms with van der Waals surface area (Å²) in [6, 6.07) is 11.7. The van der Waals surface area contributed by atoms with E-state index < -0.39 is 4.92 Å². The first-order chi connectivity index (χ1) is 13.3. The molecule has 0 unspecified atom stereocenters. The van der Waals surface area contributed by atoms with Crippen molar-refractivity contribution in [2.45, 2.75) is 13.3 Å². The number of hydrogen-bond donors (Lipinski definition) is 2. The maximum absolute atomic E-state index is 12.2. The molecule has 0 saturated heterocycles. The number of rotatable bonds is 8. The maximum atomic E-state index is 12.2. The third-order valence-electron chi connectivity index (χ3n) is 4.02. The molecule has 2 N–H and O–H groups in total. The van der Waals surface area contributed by atoms with Gasteiger partial charge < -0.3 is 15.5 Å². The molecule has 0 aromatic heterocycles. The second-order valence-corrected chi connectivity index (χ2v) is 7.12. The number of para-hydroxylation sites is 2. The fraction of sp³-hybridized carbons (Fsp3) is 0.263. The Morgan fingerprint density at radius 3 is 2.57 bits per heavy atom.